The number of likely N-dealkylation sites (tertiary alicyclic amines) is 1. The highest BCUT2D eigenvalue weighted by Crippen LogP contribution is 2.23. The van der Waals surface area contributed by atoms with Crippen LogP contribution in [0.5, 0.6) is 0 Å². The molecule has 1 amide bonds. The smallest absolute Gasteiger partial charge is 0.321 e. The van der Waals surface area contributed by atoms with Crippen molar-refractivity contribution < 1.29 is 14.7 Å². The van der Waals surface area contributed by atoms with Crippen LogP contribution in [0.1, 0.15) is 31.9 Å². The first-order valence-corrected chi connectivity index (χ1v) is 7.30. The number of carbonyl (C=O) groups excluding carboxylic acids is 1. The molecule has 0 spiro atoms. The Morgan fingerprint density at radius 3 is 2.67 bits per heavy atom. The summed E-state index contributed by atoms with van der Waals surface area (Å²) < 4.78 is 0. The van der Waals surface area contributed by atoms with Crippen molar-refractivity contribution in [3.63, 3.8) is 0 Å². The predicted molar refractivity (Wildman–Crippen MR) is 79.8 cm³/mol. The minimum atomic E-state index is -0.844. The number of nitrogens with zero attached hydrogens (tertiary/aromatic N) is 1. The Morgan fingerprint density at radius 2 is 2.05 bits per heavy atom. The molecule has 2 rings (SSSR count). The highest BCUT2D eigenvalue weighted by Gasteiger charge is 2.37. The highest BCUT2D eigenvalue weighted by molar-refractivity contribution is 5.80. The van der Waals surface area contributed by atoms with Crippen LogP contribution in [0.2, 0.25) is 0 Å². The number of aliphatic carboxylic acids is 1. The summed E-state index contributed by atoms with van der Waals surface area (Å²) in [6.45, 7) is 4.64. The molecule has 1 heterocycles. The summed E-state index contributed by atoms with van der Waals surface area (Å²) in [6, 6.07) is 9.08. The van der Waals surface area contributed by atoms with Gasteiger partial charge in [-0.1, -0.05) is 37.3 Å². The summed E-state index contributed by atoms with van der Waals surface area (Å²) in [5, 5.41) is 12.2. The van der Waals surface area contributed by atoms with Crippen molar-refractivity contribution in [2.45, 2.75) is 32.4 Å². The number of hydrogen-bond acceptors (Lipinski definition) is 3. The molecule has 3 unspecified atom stereocenters. The molecule has 1 aliphatic rings. The lowest BCUT2D eigenvalue weighted by molar-refractivity contribution is -0.143. The zero-order valence-electron chi connectivity index (χ0n) is 12.5. The predicted octanol–water partition coefficient (Wildman–Crippen LogP) is 1.66. The largest absolute Gasteiger partial charge is 0.480 e. The molecule has 0 aliphatic carbocycles. The van der Waals surface area contributed by atoms with Crippen molar-refractivity contribution in [1.29, 1.82) is 0 Å². The van der Waals surface area contributed by atoms with Crippen LogP contribution < -0.4 is 5.32 Å². The second kappa shape index (κ2) is 6.72. The number of hydrogen-bond donors (Lipinski definition) is 2. The van der Waals surface area contributed by atoms with Crippen molar-refractivity contribution >= 4 is 11.9 Å². The van der Waals surface area contributed by atoms with E-state index in [-0.39, 0.29) is 24.4 Å². The monoisotopic (exact) mass is 290 g/mol. The van der Waals surface area contributed by atoms with E-state index in [4.69, 9.17) is 0 Å². The number of amides is 1. The van der Waals surface area contributed by atoms with Crippen LogP contribution in [0.3, 0.4) is 0 Å². The average molecular weight is 290 g/mol. The van der Waals surface area contributed by atoms with E-state index in [1.54, 1.807) is 4.90 Å². The summed E-state index contributed by atoms with van der Waals surface area (Å²) in [4.78, 5) is 25.1. The number of carboxylic acid groups (broad SMARTS) is 1. The topological polar surface area (TPSA) is 69.6 Å². The average Bonchev–Trinajstić information content (AvgIpc) is 2.80. The first-order valence-electron chi connectivity index (χ1n) is 7.30. The molecule has 5 heteroatoms. The molecule has 1 aromatic carbocycles. The lowest BCUT2D eigenvalue weighted by Crippen LogP contribution is -2.45. The van der Waals surface area contributed by atoms with Crippen LogP contribution in [0.4, 0.5) is 0 Å². The van der Waals surface area contributed by atoms with Gasteiger partial charge in [-0.15, -0.1) is 0 Å². The van der Waals surface area contributed by atoms with Gasteiger partial charge in [-0.05, 0) is 31.4 Å². The van der Waals surface area contributed by atoms with E-state index in [2.05, 4.69) is 5.32 Å². The van der Waals surface area contributed by atoms with Gasteiger partial charge in [0.1, 0.15) is 6.04 Å². The molecule has 0 aromatic heterocycles. The molecule has 1 fully saturated rings. The highest BCUT2D eigenvalue weighted by atomic mass is 16.4. The SMILES string of the molecule is CC(NC(=O)CN1CCC(C)C1C(=O)O)c1ccccc1. The van der Waals surface area contributed by atoms with Crippen LogP contribution in [0, 0.1) is 5.92 Å². The zero-order chi connectivity index (χ0) is 15.4. The van der Waals surface area contributed by atoms with Gasteiger partial charge in [0.05, 0.1) is 12.6 Å². The van der Waals surface area contributed by atoms with E-state index in [0.29, 0.717) is 6.54 Å². The van der Waals surface area contributed by atoms with Crippen molar-refractivity contribution in [3.05, 3.63) is 35.9 Å². The van der Waals surface area contributed by atoms with E-state index in [1.807, 2.05) is 44.2 Å². The minimum Gasteiger partial charge on any atom is -0.480 e. The Labute approximate surface area is 125 Å². The van der Waals surface area contributed by atoms with Crippen molar-refractivity contribution in [3.8, 4) is 0 Å². The lowest BCUT2D eigenvalue weighted by Gasteiger charge is -2.23. The minimum absolute atomic E-state index is 0.0815. The molecule has 114 valence electrons. The Kier molecular flexibility index (Phi) is 4.96. The Morgan fingerprint density at radius 1 is 1.38 bits per heavy atom. The van der Waals surface area contributed by atoms with Gasteiger partial charge >= 0.3 is 5.97 Å². The van der Waals surface area contributed by atoms with Crippen LogP contribution in [-0.2, 0) is 9.59 Å². The van der Waals surface area contributed by atoms with E-state index in [0.717, 1.165) is 12.0 Å². The molecular formula is C16H22N2O3. The van der Waals surface area contributed by atoms with Gasteiger partial charge in [0.25, 0.3) is 0 Å². The van der Waals surface area contributed by atoms with Gasteiger partial charge in [0.15, 0.2) is 0 Å². The van der Waals surface area contributed by atoms with Crippen molar-refractivity contribution in [1.82, 2.24) is 10.2 Å². The summed E-state index contributed by atoms with van der Waals surface area (Å²) in [5.74, 6) is -0.891. The molecule has 2 N–H and O–H groups in total. The number of benzene rings is 1. The Balaban J connectivity index is 1.91. The third-order valence-electron chi connectivity index (χ3n) is 4.08. The zero-order valence-corrected chi connectivity index (χ0v) is 12.5. The third kappa shape index (κ3) is 3.82. The summed E-state index contributed by atoms with van der Waals surface area (Å²) >= 11 is 0. The first-order chi connectivity index (χ1) is 9.99. The number of nitrogens with one attached hydrogen (secondary N) is 1. The summed E-state index contributed by atoms with van der Waals surface area (Å²) in [6.07, 6.45) is 0.818. The number of rotatable bonds is 5. The summed E-state index contributed by atoms with van der Waals surface area (Å²) in [5.41, 5.74) is 1.04. The molecule has 0 bridgehead atoms. The quantitative estimate of drug-likeness (QED) is 0.865. The molecule has 1 aromatic rings. The fraction of sp³-hybridized carbons (Fsp3) is 0.500. The molecule has 1 saturated heterocycles. The maximum Gasteiger partial charge on any atom is 0.321 e. The molecule has 0 radical (unpaired) electrons. The lowest BCUT2D eigenvalue weighted by atomic mass is 10.0. The maximum absolute atomic E-state index is 12.1. The normalized spacial score (nSPS) is 23.7. The van der Waals surface area contributed by atoms with E-state index < -0.39 is 12.0 Å². The molecule has 5 nitrogen and oxygen atoms in total. The fourth-order valence-electron chi connectivity index (χ4n) is 2.90. The van der Waals surface area contributed by atoms with Gasteiger partial charge in [0, 0.05) is 0 Å². The van der Waals surface area contributed by atoms with Crippen molar-refractivity contribution in [2.24, 2.45) is 5.92 Å². The van der Waals surface area contributed by atoms with Crippen LogP contribution in [0.25, 0.3) is 0 Å². The fourth-order valence-corrected chi connectivity index (χ4v) is 2.90. The standard InChI is InChI=1S/C16H22N2O3/c1-11-8-9-18(15(11)16(20)21)10-14(19)17-12(2)13-6-4-3-5-7-13/h3-7,11-12,15H,8-10H2,1-2H3,(H,17,19)(H,20,21). The number of carbonyl (C=O) groups is 2. The first kappa shape index (κ1) is 15.5. The summed E-state index contributed by atoms with van der Waals surface area (Å²) in [7, 11) is 0. The van der Waals surface area contributed by atoms with E-state index >= 15 is 0 Å². The molecule has 21 heavy (non-hydrogen) atoms. The van der Waals surface area contributed by atoms with Crippen molar-refractivity contribution in [2.75, 3.05) is 13.1 Å². The van der Waals surface area contributed by atoms with Gasteiger partial charge in [-0.25, -0.2) is 0 Å². The second-order valence-electron chi connectivity index (χ2n) is 5.72. The maximum atomic E-state index is 12.1. The molecule has 0 saturated carbocycles. The number of carboxylic acids is 1. The Bertz CT molecular complexity index is 504. The van der Waals surface area contributed by atoms with Crippen LogP contribution >= 0.6 is 0 Å². The van der Waals surface area contributed by atoms with Gasteiger partial charge in [0.2, 0.25) is 5.91 Å². The van der Waals surface area contributed by atoms with Gasteiger partial charge in [-0.3, -0.25) is 14.5 Å². The molecular weight excluding hydrogens is 268 g/mol. The van der Waals surface area contributed by atoms with Crippen LogP contribution in [-0.4, -0.2) is 41.0 Å². The van der Waals surface area contributed by atoms with E-state index in [9.17, 15) is 14.7 Å². The molecule has 1 aliphatic heterocycles. The second-order valence-corrected chi connectivity index (χ2v) is 5.72. The van der Waals surface area contributed by atoms with Gasteiger partial charge < -0.3 is 10.4 Å². The van der Waals surface area contributed by atoms with E-state index in [1.165, 1.54) is 0 Å². The molecule has 3 atom stereocenters. The Hall–Kier alpha value is -1.88. The van der Waals surface area contributed by atoms with Gasteiger partial charge in [-0.2, -0.15) is 0 Å². The van der Waals surface area contributed by atoms with Crippen LogP contribution in [0.15, 0.2) is 30.3 Å². The third-order valence-corrected chi connectivity index (χ3v) is 4.08.